The maximum Gasteiger partial charge on any atom is 0.118 e. The number of furan rings is 1. The van der Waals surface area contributed by atoms with Gasteiger partial charge in [0.15, 0.2) is 0 Å². The fourth-order valence-corrected chi connectivity index (χ4v) is 2.05. The minimum Gasteiger partial charge on any atom is -0.468 e. The molecule has 0 spiro atoms. The Morgan fingerprint density at radius 2 is 2.15 bits per heavy atom. The third-order valence-electron chi connectivity index (χ3n) is 3.02. The van der Waals surface area contributed by atoms with E-state index in [1.54, 1.807) is 6.20 Å². The zero-order valence-electron chi connectivity index (χ0n) is 12.5. The summed E-state index contributed by atoms with van der Waals surface area (Å²) in [6.45, 7) is 6.81. The zero-order valence-corrected chi connectivity index (χ0v) is 12.5. The summed E-state index contributed by atoms with van der Waals surface area (Å²) in [7, 11) is 2.08. The number of nitrogens with one attached hydrogen (secondary N) is 1. The van der Waals surface area contributed by atoms with Crippen molar-refractivity contribution in [2.24, 2.45) is 0 Å². The molecule has 0 fully saturated rings. The van der Waals surface area contributed by atoms with Gasteiger partial charge in [0, 0.05) is 37.1 Å². The number of nitrogens with zero attached hydrogens (tertiary/aromatic N) is 2. The number of hydrogen-bond donors (Lipinski definition) is 1. The fourth-order valence-electron chi connectivity index (χ4n) is 2.05. The lowest BCUT2D eigenvalue weighted by atomic mass is 10.2. The van der Waals surface area contributed by atoms with Crippen molar-refractivity contribution in [2.75, 3.05) is 7.05 Å². The van der Waals surface area contributed by atoms with Crippen LogP contribution in [0, 0.1) is 0 Å². The first-order chi connectivity index (χ1) is 9.63. The predicted molar refractivity (Wildman–Crippen MR) is 80.1 cm³/mol. The Morgan fingerprint density at radius 1 is 1.30 bits per heavy atom. The molecule has 0 aliphatic heterocycles. The highest BCUT2D eigenvalue weighted by Gasteiger charge is 2.06. The Kier molecular flexibility index (Phi) is 5.32. The van der Waals surface area contributed by atoms with Gasteiger partial charge in [0.2, 0.25) is 0 Å². The molecule has 0 saturated carbocycles. The Hall–Kier alpha value is -1.65. The SMILES string of the molecule is CC(C)NCc1coc(CN(C)Cc2cccnc2)c1. The summed E-state index contributed by atoms with van der Waals surface area (Å²) in [6, 6.07) is 6.66. The normalized spacial score (nSPS) is 11.4. The van der Waals surface area contributed by atoms with Gasteiger partial charge in [-0.2, -0.15) is 0 Å². The van der Waals surface area contributed by atoms with E-state index in [9.17, 15) is 0 Å². The molecule has 108 valence electrons. The molecule has 0 bridgehead atoms. The summed E-state index contributed by atoms with van der Waals surface area (Å²) in [4.78, 5) is 6.35. The highest BCUT2D eigenvalue weighted by atomic mass is 16.3. The van der Waals surface area contributed by atoms with Crippen molar-refractivity contribution in [2.45, 2.75) is 39.5 Å². The van der Waals surface area contributed by atoms with Crippen LogP contribution in [0.15, 0.2) is 41.3 Å². The van der Waals surface area contributed by atoms with Crippen LogP contribution in [0.25, 0.3) is 0 Å². The smallest absolute Gasteiger partial charge is 0.118 e. The van der Waals surface area contributed by atoms with Gasteiger partial charge in [0.25, 0.3) is 0 Å². The van der Waals surface area contributed by atoms with Crippen molar-refractivity contribution in [1.82, 2.24) is 15.2 Å². The van der Waals surface area contributed by atoms with E-state index in [0.717, 1.165) is 25.4 Å². The Morgan fingerprint density at radius 3 is 2.85 bits per heavy atom. The molecule has 0 atom stereocenters. The molecule has 0 saturated heterocycles. The van der Waals surface area contributed by atoms with E-state index in [1.165, 1.54) is 11.1 Å². The summed E-state index contributed by atoms with van der Waals surface area (Å²) in [6.07, 6.45) is 5.53. The molecule has 4 nitrogen and oxygen atoms in total. The van der Waals surface area contributed by atoms with E-state index in [4.69, 9.17) is 4.42 Å². The molecule has 0 aromatic carbocycles. The lowest BCUT2D eigenvalue weighted by Gasteiger charge is -2.14. The Bertz CT molecular complexity index is 507. The first-order valence-corrected chi connectivity index (χ1v) is 7.00. The second kappa shape index (κ2) is 7.22. The van der Waals surface area contributed by atoms with Gasteiger partial charge >= 0.3 is 0 Å². The molecule has 2 aromatic heterocycles. The van der Waals surface area contributed by atoms with Crippen LogP contribution < -0.4 is 5.32 Å². The van der Waals surface area contributed by atoms with Gasteiger partial charge in [-0.1, -0.05) is 19.9 Å². The number of hydrogen-bond acceptors (Lipinski definition) is 4. The van der Waals surface area contributed by atoms with Gasteiger partial charge in [-0.05, 0) is 24.7 Å². The maximum absolute atomic E-state index is 5.61. The molecule has 2 aromatic rings. The molecular formula is C16H23N3O. The molecule has 0 amide bonds. The molecule has 0 aliphatic rings. The molecule has 2 heterocycles. The van der Waals surface area contributed by atoms with E-state index in [-0.39, 0.29) is 0 Å². The molecule has 1 N–H and O–H groups in total. The predicted octanol–water partition coefficient (Wildman–Crippen LogP) is 2.80. The zero-order chi connectivity index (χ0) is 14.4. The molecule has 2 rings (SSSR count). The third kappa shape index (κ3) is 4.79. The van der Waals surface area contributed by atoms with E-state index >= 15 is 0 Å². The third-order valence-corrected chi connectivity index (χ3v) is 3.02. The van der Waals surface area contributed by atoms with E-state index in [2.05, 4.69) is 48.2 Å². The topological polar surface area (TPSA) is 41.3 Å². The molecule has 0 unspecified atom stereocenters. The van der Waals surface area contributed by atoms with E-state index < -0.39 is 0 Å². The summed E-state index contributed by atoms with van der Waals surface area (Å²) in [5.74, 6) is 0.997. The minimum atomic E-state index is 0.488. The quantitative estimate of drug-likeness (QED) is 0.842. The average molecular weight is 273 g/mol. The van der Waals surface area contributed by atoms with Crippen molar-refractivity contribution in [3.63, 3.8) is 0 Å². The monoisotopic (exact) mass is 273 g/mol. The largest absolute Gasteiger partial charge is 0.468 e. The van der Waals surface area contributed by atoms with Crippen LogP contribution in [0.3, 0.4) is 0 Å². The average Bonchev–Trinajstić information content (AvgIpc) is 2.85. The van der Waals surface area contributed by atoms with Crippen molar-refractivity contribution in [3.8, 4) is 0 Å². The van der Waals surface area contributed by atoms with Crippen LogP contribution in [0.4, 0.5) is 0 Å². The van der Waals surface area contributed by atoms with Crippen LogP contribution in [0.2, 0.25) is 0 Å². The molecule has 4 heteroatoms. The fraction of sp³-hybridized carbons (Fsp3) is 0.438. The molecule has 0 radical (unpaired) electrons. The number of pyridine rings is 1. The second-order valence-corrected chi connectivity index (χ2v) is 5.49. The lowest BCUT2D eigenvalue weighted by molar-refractivity contribution is 0.287. The highest BCUT2D eigenvalue weighted by molar-refractivity contribution is 5.13. The first-order valence-electron chi connectivity index (χ1n) is 7.00. The number of rotatable bonds is 7. The van der Waals surface area contributed by atoms with Gasteiger partial charge in [-0.3, -0.25) is 9.88 Å². The lowest BCUT2D eigenvalue weighted by Crippen LogP contribution is -2.21. The van der Waals surface area contributed by atoms with Gasteiger partial charge in [-0.25, -0.2) is 0 Å². The van der Waals surface area contributed by atoms with Crippen LogP contribution in [-0.4, -0.2) is 23.0 Å². The van der Waals surface area contributed by atoms with Crippen LogP contribution in [0.5, 0.6) is 0 Å². The van der Waals surface area contributed by atoms with E-state index in [0.29, 0.717) is 6.04 Å². The minimum absolute atomic E-state index is 0.488. The highest BCUT2D eigenvalue weighted by Crippen LogP contribution is 2.11. The van der Waals surface area contributed by atoms with E-state index in [1.807, 2.05) is 18.5 Å². The van der Waals surface area contributed by atoms with Crippen LogP contribution >= 0.6 is 0 Å². The van der Waals surface area contributed by atoms with Crippen molar-refractivity contribution >= 4 is 0 Å². The number of aromatic nitrogens is 1. The standard InChI is InChI=1S/C16H23N3O/c1-13(2)18-9-15-7-16(20-12-15)11-19(3)10-14-5-4-6-17-8-14/h4-8,12-13,18H,9-11H2,1-3H3. The summed E-state index contributed by atoms with van der Waals surface area (Å²) in [5.41, 5.74) is 2.41. The van der Waals surface area contributed by atoms with Crippen LogP contribution in [0.1, 0.15) is 30.7 Å². The molecule has 0 aliphatic carbocycles. The first kappa shape index (κ1) is 14.8. The van der Waals surface area contributed by atoms with Gasteiger partial charge in [0.1, 0.15) is 5.76 Å². The summed E-state index contributed by atoms with van der Waals surface area (Å²) < 4.78 is 5.61. The van der Waals surface area contributed by atoms with Crippen LogP contribution in [-0.2, 0) is 19.6 Å². The molecular weight excluding hydrogens is 250 g/mol. The Balaban J connectivity index is 1.83. The Labute approximate surface area is 120 Å². The van der Waals surface area contributed by atoms with Crippen molar-refractivity contribution in [1.29, 1.82) is 0 Å². The summed E-state index contributed by atoms with van der Waals surface area (Å²) in [5, 5.41) is 3.39. The maximum atomic E-state index is 5.61. The van der Waals surface area contributed by atoms with Crippen molar-refractivity contribution in [3.05, 3.63) is 53.7 Å². The molecule has 20 heavy (non-hydrogen) atoms. The van der Waals surface area contributed by atoms with Gasteiger partial charge in [-0.15, -0.1) is 0 Å². The van der Waals surface area contributed by atoms with Gasteiger partial charge in [0.05, 0.1) is 12.8 Å². The van der Waals surface area contributed by atoms with Crippen molar-refractivity contribution < 1.29 is 4.42 Å². The summed E-state index contributed by atoms with van der Waals surface area (Å²) >= 11 is 0. The second-order valence-electron chi connectivity index (χ2n) is 5.49. The van der Waals surface area contributed by atoms with Gasteiger partial charge < -0.3 is 9.73 Å².